The number of nitriles is 1. The maximum absolute atomic E-state index is 11.6. The van der Waals surface area contributed by atoms with Gasteiger partial charge < -0.3 is 9.47 Å². The van der Waals surface area contributed by atoms with Crippen LogP contribution in [0, 0.1) is 11.2 Å². The summed E-state index contributed by atoms with van der Waals surface area (Å²) in [4.78, 5) is 11.6. The molecule has 20 heavy (non-hydrogen) atoms. The van der Waals surface area contributed by atoms with Gasteiger partial charge in [0, 0.05) is 11.5 Å². The monoisotopic (exact) mass is 267 g/mol. The van der Waals surface area contributed by atoms with E-state index in [2.05, 4.69) is 5.97 Å². The molecule has 0 unspecified atom stereocenters. The van der Waals surface area contributed by atoms with E-state index in [1.165, 1.54) is 5.56 Å². The number of fused-ring (bicyclic) bond motifs is 4. The van der Waals surface area contributed by atoms with Crippen molar-refractivity contribution in [2.75, 3.05) is 0 Å². The molecule has 3 aliphatic rings. The summed E-state index contributed by atoms with van der Waals surface area (Å²) in [6.07, 6.45) is 3.57. The number of hydrogen-bond acceptors (Lipinski definition) is 4. The van der Waals surface area contributed by atoms with E-state index in [4.69, 9.17) is 14.7 Å². The van der Waals surface area contributed by atoms with Gasteiger partial charge in [-0.2, -0.15) is 0 Å². The van der Waals surface area contributed by atoms with Crippen LogP contribution in [0.25, 0.3) is 0 Å². The number of esters is 1. The van der Waals surface area contributed by atoms with E-state index in [0.717, 1.165) is 36.6 Å². The number of cyclic esters (lactones) is 1. The Kier molecular flexibility index (Phi) is 2.46. The molecule has 5 heteroatoms. The van der Waals surface area contributed by atoms with Crippen LogP contribution >= 0.6 is 0 Å². The van der Waals surface area contributed by atoms with E-state index < -0.39 is 0 Å². The van der Waals surface area contributed by atoms with Gasteiger partial charge in [0.05, 0.1) is 17.8 Å². The summed E-state index contributed by atoms with van der Waals surface area (Å²) in [7, 11) is 0. The molecule has 1 aromatic rings. The lowest BCUT2D eigenvalue weighted by Gasteiger charge is -2.34. The molecule has 0 amide bonds. The zero-order valence-corrected chi connectivity index (χ0v) is 11.1. The average molecular weight is 267 g/mol. The first-order valence-electron chi connectivity index (χ1n) is 7.09. The highest BCUT2D eigenvalue weighted by Gasteiger charge is 2.45. The second-order valence-corrected chi connectivity index (χ2v) is 5.88. The molecule has 0 aliphatic carbocycles. The Morgan fingerprint density at radius 3 is 2.75 bits per heavy atom. The van der Waals surface area contributed by atoms with Crippen LogP contribution in [-0.4, -0.2) is 12.7 Å². The summed E-state index contributed by atoms with van der Waals surface area (Å²) in [5, 5.41) is 9.03. The van der Waals surface area contributed by atoms with Gasteiger partial charge in [-0.05, 0) is 30.0 Å². The lowest BCUT2D eigenvalue weighted by molar-refractivity contribution is -0.0471. The van der Waals surface area contributed by atoms with Gasteiger partial charge >= 0.3 is 5.97 Å². The zero-order valence-electron chi connectivity index (χ0n) is 11.1. The molecule has 3 heterocycles. The van der Waals surface area contributed by atoms with Gasteiger partial charge in [0.25, 0.3) is 6.71 Å². The SMILES string of the molecule is N#CB1CCC2(CC1)OCc1c2ccc2c1COC2=O. The standard InChI is InChI=1S/C15H14BNO3/c17-9-16-5-3-15(4-6-16)13-2-1-10-11(7-19-14(10)18)12(13)8-20-15/h1-2H,3-8H2. The maximum atomic E-state index is 11.6. The molecule has 0 saturated carbocycles. The van der Waals surface area contributed by atoms with Crippen molar-refractivity contribution in [3.05, 3.63) is 34.4 Å². The fourth-order valence-electron chi connectivity index (χ4n) is 3.77. The van der Waals surface area contributed by atoms with Crippen LogP contribution in [-0.2, 0) is 28.3 Å². The van der Waals surface area contributed by atoms with E-state index >= 15 is 0 Å². The molecular formula is C15H14BNO3. The second-order valence-electron chi connectivity index (χ2n) is 5.88. The first-order valence-corrected chi connectivity index (χ1v) is 7.09. The molecule has 4 nitrogen and oxygen atoms in total. The maximum Gasteiger partial charge on any atom is 0.338 e. The Morgan fingerprint density at radius 1 is 1.20 bits per heavy atom. The molecule has 0 bridgehead atoms. The average Bonchev–Trinajstić information content (AvgIpc) is 3.03. The molecule has 1 spiro atoms. The minimum atomic E-state index is -0.233. The molecule has 100 valence electrons. The topological polar surface area (TPSA) is 59.3 Å². The lowest BCUT2D eigenvalue weighted by Crippen LogP contribution is -2.33. The van der Waals surface area contributed by atoms with E-state index in [9.17, 15) is 4.79 Å². The van der Waals surface area contributed by atoms with Crippen molar-refractivity contribution in [1.82, 2.24) is 0 Å². The molecule has 4 rings (SSSR count). The highest BCUT2D eigenvalue weighted by atomic mass is 16.5. The van der Waals surface area contributed by atoms with Crippen LogP contribution in [0.5, 0.6) is 0 Å². The summed E-state index contributed by atoms with van der Waals surface area (Å²) in [6, 6.07) is 3.90. The minimum absolute atomic E-state index is 0.160. The molecule has 0 atom stereocenters. The van der Waals surface area contributed by atoms with Crippen LogP contribution in [0.2, 0.25) is 12.6 Å². The fourth-order valence-corrected chi connectivity index (χ4v) is 3.77. The van der Waals surface area contributed by atoms with Crippen molar-refractivity contribution >= 4 is 12.7 Å². The van der Waals surface area contributed by atoms with E-state index in [0.29, 0.717) is 18.8 Å². The minimum Gasteiger partial charge on any atom is -0.457 e. The first-order chi connectivity index (χ1) is 9.73. The van der Waals surface area contributed by atoms with Gasteiger partial charge in [-0.3, -0.25) is 0 Å². The van der Waals surface area contributed by atoms with E-state index in [1.807, 2.05) is 12.1 Å². The third kappa shape index (κ3) is 1.49. The van der Waals surface area contributed by atoms with Crippen LogP contribution < -0.4 is 0 Å². The Labute approximate surface area is 117 Å². The van der Waals surface area contributed by atoms with E-state index in [1.54, 1.807) is 0 Å². The first kappa shape index (κ1) is 12.0. The van der Waals surface area contributed by atoms with Crippen molar-refractivity contribution in [3.63, 3.8) is 0 Å². The van der Waals surface area contributed by atoms with Crippen molar-refractivity contribution in [1.29, 1.82) is 5.26 Å². The molecular weight excluding hydrogens is 253 g/mol. The molecule has 0 N–H and O–H groups in total. The third-order valence-electron chi connectivity index (χ3n) is 4.96. The van der Waals surface area contributed by atoms with Crippen LogP contribution in [0.15, 0.2) is 12.1 Å². The highest BCUT2D eigenvalue weighted by Crippen LogP contribution is 2.49. The fraction of sp³-hybridized carbons (Fsp3) is 0.467. The van der Waals surface area contributed by atoms with Crippen molar-refractivity contribution < 1.29 is 14.3 Å². The number of carbonyl (C=O) groups excluding carboxylic acids is 1. The number of ether oxygens (including phenoxy) is 2. The number of rotatable bonds is 0. The predicted octanol–water partition coefficient (Wildman–Crippen LogP) is 2.43. The molecule has 1 saturated heterocycles. The highest BCUT2D eigenvalue weighted by molar-refractivity contribution is 6.67. The van der Waals surface area contributed by atoms with Crippen LogP contribution in [0.1, 0.15) is 39.9 Å². The van der Waals surface area contributed by atoms with Gasteiger partial charge in [-0.1, -0.05) is 18.7 Å². The zero-order chi connectivity index (χ0) is 13.7. The summed E-state index contributed by atoms with van der Waals surface area (Å²) in [5.41, 5.74) is 3.82. The molecule has 0 radical (unpaired) electrons. The van der Waals surface area contributed by atoms with Gasteiger partial charge in [0.1, 0.15) is 6.61 Å². The van der Waals surface area contributed by atoms with Crippen LogP contribution in [0.3, 0.4) is 0 Å². The van der Waals surface area contributed by atoms with Crippen LogP contribution in [0.4, 0.5) is 0 Å². The Balaban J connectivity index is 1.74. The second kappa shape index (κ2) is 4.10. The van der Waals surface area contributed by atoms with Crippen molar-refractivity contribution in [3.8, 4) is 5.97 Å². The normalized spacial score (nSPS) is 22.4. The number of hydrogen-bond donors (Lipinski definition) is 0. The lowest BCUT2D eigenvalue weighted by atomic mass is 9.41. The predicted molar refractivity (Wildman–Crippen MR) is 72.2 cm³/mol. The van der Waals surface area contributed by atoms with Gasteiger partial charge in [0.15, 0.2) is 0 Å². The Morgan fingerprint density at radius 2 is 2.00 bits per heavy atom. The molecule has 3 aliphatic heterocycles. The van der Waals surface area contributed by atoms with Gasteiger partial charge in [0.2, 0.25) is 0 Å². The quantitative estimate of drug-likeness (QED) is 0.535. The largest absolute Gasteiger partial charge is 0.457 e. The number of benzene rings is 1. The molecule has 1 fully saturated rings. The summed E-state index contributed by atoms with van der Waals surface area (Å²) in [5.74, 6) is 2.14. The Hall–Kier alpha value is -1.80. The third-order valence-corrected chi connectivity index (χ3v) is 4.96. The summed E-state index contributed by atoms with van der Waals surface area (Å²) < 4.78 is 11.3. The van der Waals surface area contributed by atoms with Crippen molar-refractivity contribution in [2.24, 2.45) is 0 Å². The van der Waals surface area contributed by atoms with Gasteiger partial charge in [-0.25, -0.2) is 10.1 Å². The van der Waals surface area contributed by atoms with E-state index in [-0.39, 0.29) is 18.3 Å². The summed E-state index contributed by atoms with van der Waals surface area (Å²) in [6.45, 7) is 1.09. The summed E-state index contributed by atoms with van der Waals surface area (Å²) >= 11 is 0. The molecule has 1 aromatic carbocycles. The molecule has 0 aromatic heterocycles. The number of carbonyl (C=O) groups is 1. The Bertz CT molecular complexity index is 641. The smallest absolute Gasteiger partial charge is 0.338 e. The number of nitrogens with zero attached hydrogens (tertiary/aromatic N) is 1. The van der Waals surface area contributed by atoms with Crippen molar-refractivity contribution in [2.45, 2.75) is 44.3 Å². The van der Waals surface area contributed by atoms with Gasteiger partial charge in [-0.15, -0.1) is 0 Å².